The highest BCUT2D eigenvalue weighted by molar-refractivity contribution is 6.32. The predicted molar refractivity (Wildman–Crippen MR) is 111 cm³/mol. The molecule has 0 saturated carbocycles. The van der Waals surface area contributed by atoms with Crippen LogP contribution in [0.3, 0.4) is 0 Å². The van der Waals surface area contributed by atoms with Gasteiger partial charge in [-0.3, -0.25) is 4.79 Å². The predicted octanol–water partition coefficient (Wildman–Crippen LogP) is 4.28. The van der Waals surface area contributed by atoms with Crippen LogP contribution in [0.15, 0.2) is 35.4 Å². The number of rotatable bonds is 8. The monoisotopic (exact) mass is 404 g/mol. The Morgan fingerprint density at radius 3 is 2.64 bits per heavy atom. The van der Waals surface area contributed by atoms with E-state index in [-0.39, 0.29) is 18.6 Å². The number of halogens is 1. The molecule has 2 aromatic rings. The zero-order chi connectivity index (χ0) is 20.7. The number of methoxy groups -OCH3 is 1. The Kier molecular flexibility index (Phi) is 7.70. The topological polar surface area (TPSA) is 69.2 Å². The third-order valence-corrected chi connectivity index (χ3v) is 3.99. The number of ether oxygens (including phenoxy) is 3. The van der Waals surface area contributed by atoms with Gasteiger partial charge in [-0.15, -0.1) is 0 Å². The number of amides is 1. The maximum atomic E-state index is 11.9. The number of hydrogen-bond acceptors (Lipinski definition) is 5. The molecule has 150 valence electrons. The lowest BCUT2D eigenvalue weighted by Crippen LogP contribution is -2.24. The van der Waals surface area contributed by atoms with Crippen LogP contribution in [0.1, 0.15) is 30.5 Å². The zero-order valence-electron chi connectivity index (χ0n) is 16.7. The van der Waals surface area contributed by atoms with Gasteiger partial charge in [0.25, 0.3) is 5.91 Å². The van der Waals surface area contributed by atoms with Gasteiger partial charge in [-0.25, -0.2) is 5.43 Å². The van der Waals surface area contributed by atoms with Crippen molar-refractivity contribution in [1.82, 2.24) is 5.43 Å². The fourth-order valence-corrected chi connectivity index (χ4v) is 2.65. The fraction of sp³-hybridized carbons (Fsp3) is 0.333. The fourth-order valence-electron chi connectivity index (χ4n) is 2.38. The molecule has 0 unspecified atom stereocenters. The third kappa shape index (κ3) is 6.16. The van der Waals surface area contributed by atoms with Gasteiger partial charge in [-0.05, 0) is 62.6 Å². The first-order chi connectivity index (χ1) is 13.3. The molecule has 0 aliphatic rings. The summed E-state index contributed by atoms with van der Waals surface area (Å²) in [7, 11) is 1.53. The maximum Gasteiger partial charge on any atom is 0.277 e. The Morgan fingerprint density at radius 2 is 1.96 bits per heavy atom. The number of carbonyl (C=O) groups excluding carboxylic acids is 1. The number of benzene rings is 2. The number of hydrogen-bond donors (Lipinski definition) is 1. The van der Waals surface area contributed by atoms with E-state index in [9.17, 15) is 4.79 Å². The summed E-state index contributed by atoms with van der Waals surface area (Å²) >= 11 is 6.27. The average molecular weight is 405 g/mol. The molecule has 7 heteroatoms. The molecule has 1 N–H and O–H groups in total. The second-order valence-corrected chi connectivity index (χ2v) is 6.96. The molecular formula is C21H25ClN2O4. The molecule has 0 radical (unpaired) electrons. The number of nitrogens with zero attached hydrogens (tertiary/aromatic N) is 1. The molecule has 0 aliphatic carbocycles. The van der Waals surface area contributed by atoms with Crippen molar-refractivity contribution in [2.24, 2.45) is 5.10 Å². The van der Waals surface area contributed by atoms with Crippen LogP contribution in [0.4, 0.5) is 0 Å². The number of carbonyl (C=O) groups is 1. The number of aryl methyl sites for hydroxylation is 2. The summed E-state index contributed by atoms with van der Waals surface area (Å²) in [5, 5.41) is 4.34. The van der Waals surface area contributed by atoms with E-state index in [2.05, 4.69) is 10.5 Å². The Morgan fingerprint density at radius 1 is 1.21 bits per heavy atom. The molecule has 28 heavy (non-hydrogen) atoms. The highest BCUT2D eigenvalue weighted by atomic mass is 35.5. The standard InChI is InChI=1S/C21H25ClN2O4/c1-13(2)28-21-17(22)9-16(10-19(21)26-5)11-23-24-20(25)12-27-18-8-14(3)6-7-15(18)4/h6-11,13H,12H2,1-5H3,(H,24,25)/b23-11-. The van der Waals surface area contributed by atoms with Crippen molar-refractivity contribution < 1.29 is 19.0 Å². The van der Waals surface area contributed by atoms with Gasteiger partial charge < -0.3 is 14.2 Å². The SMILES string of the molecule is COc1cc(/C=N\NC(=O)COc2cc(C)ccc2C)cc(Cl)c1OC(C)C. The van der Waals surface area contributed by atoms with Gasteiger partial charge in [0.15, 0.2) is 18.1 Å². The molecule has 0 saturated heterocycles. The molecule has 0 fully saturated rings. The van der Waals surface area contributed by atoms with Gasteiger partial charge >= 0.3 is 0 Å². The van der Waals surface area contributed by atoms with E-state index in [1.807, 2.05) is 45.9 Å². The highest BCUT2D eigenvalue weighted by Gasteiger charge is 2.13. The second kappa shape index (κ2) is 9.99. The molecule has 2 rings (SSSR count). The lowest BCUT2D eigenvalue weighted by Gasteiger charge is -2.15. The van der Waals surface area contributed by atoms with E-state index in [1.54, 1.807) is 12.1 Å². The second-order valence-electron chi connectivity index (χ2n) is 6.55. The summed E-state index contributed by atoms with van der Waals surface area (Å²) in [5.41, 5.74) is 5.12. The number of nitrogens with one attached hydrogen (secondary N) is 1. The van der Waals surface area contributed by atoms with Gasteiger partial charge in [0, 0.05) is 0 Å². The van der Waals surface area contributed by atoms with Gasteiger partial charge in [-0.2, -0.15) is 5.10 Å². The van der Waals surface area contributed by atoms with Crippen LogP contribution >= 0.6 is 11.6 Å². The van der Waals surface area contributed by atoms with Crippen LogP contribution < -0.4 is 19.6 Å². The smallest absolute Gasteiger partial charge is 0.277 e. The van der Waals surface area contributed by atoms with E-state index >= 15 is 0 Å². The van der Waals surface area contributed by atoms with Crippen molar-refractivity contribution in [3.05, 3.63) is 52.0 Å². The average Bonchev–Trinajstić information content (AvgIpc) is 2.64. The Hall–Kier alpha value is -2.73. The van der Waals surface area contributed by atoms with E-state index in [0.29, 0.717) is 27.8 Å². The zero-order valence-corrected chi connectivity index (χ0v) is 17.5. The first-order valence-electron chi connectivity index (χ1n) is 8.86. The van der Waals surface area contributed by atoms with Crippen LogP contribution in [0, 0.1) is 13.8 Å². The largest absolute Gasteiger partial charge is 0.493 e. The van der Waals surface area contributed by atoms with Crippen molar-refractivity contribution >= 4 is 23.7 Å². The lowest BCUT2D eigenvalue weighted by molar-refractivity contribution is -0.123. The molecule has 0 aliphatic heterocycles. The molecular weight excluding hydrogens is 380 g/mol. The van der Waals surface area contributed by atoms with Crippen LogP contribution in [-0.4, -0.2) is 31.9 Å². The molecule has 0 aromatic heterocycles. The van der Waals surface area contributed by atoms with E-state index in [4.69, 9.17) is 25.8 Å². The normalized spacial score (nSPS) is 11.0. The Labute approximate surface area is 170 Å². The van der Waals surface area contributed by atoms with Gasteiger partial charge in [0.1, 0.15) is 5.75 Å². The summed E-state index contributed by atoms with van der Waals surface area (Å²) in [6.07, 6.45) is 1.44. The van der Waals surface area contributed by atoms with Crippen molar-refractivity contribution in [2.45, 2.75) is 33.8 Å². The van der Waals surface area contributed by atoms with Crippen molar-refractivity contribution in [3.63, 3.8) is 0 Å². The number of hydrazone groups is 1. The summed E-state index contributed by atoms with van der Waals surface area (Å²) in [6.45, 7) is 7.57. The van der Waals surface area contributed by atoms with Crippen LogP contribution in [-0.2, 0) is 4.79 Å². The highest BCUT2D eigenvalue weighted by Crippen LogP contribution is 2.36. The molecule has 0 heterocycles. The first kappa shape index (κ1) is 21.6. The molecule has 2 aromatic carbocycles. The van der Waals surface area contributed by atoms with E-state index in [1.165, 1.54) is 13.3 Å². The molecule has 0 atom stereocenters. The first-order valence-corrected chi connectivity index (χ1v) is 9.24. The van der Waals surface area contributed by atoms with E-state index < -0.39 is 0 Å². The molecule has 0 spiro atoms. The van der Waals surface area contributed by atoms with Gasteiger partial charge in [0.05, 0.1) is 24.5 Å². The summed E-state index contributed by atoms with van der Waals surface area (Å²) in [6, 6.07) is 9.24. The minimum atomic E-state index is -0.366. The minimum Gasteiger partial charge on any atom is -0.493 e. The quantitative estimate of drug-likeness (QED) is 0.526. The molecule has 0 bridgehead atoms. The van der Waals surface area contributed by atoms with Gasteiger partial charge in [0.2, 0.25) is 0 Å². The minimum absolute atomic E-state index is 0.0396. The van der Waals surface area contributed by atoms with Crippen LogP contribution in [0.25, 0.3) is 0 Å². The summed E-state index contributed by atoms with van der Waals surface area (Å²) in [4.78, 5) is 11.9. The maximum absolute atomic E-state index is 11.9. The Balaban J connectivity index is 1.97. The Bertz CT molecular complexity index is 866. The van der Waals surface area contributed by atoms with Crippen molar-refractivity contribution in [3.8, 4) is 17.2 Å². The molecule has 1 amide bonds. The van der Waals surface area contributed by atoms with Crippen LogP contribution in [0.5, 0.6) is 17.2 Å². The summed E-state index contributed by atoms with van der Waals surface area (Å²) in [5.74, 6) is 1.28. The summed E-state index contributed by atoms with van der Waals surface area (Å²) < 4.78 is 16.5. The van der Waals surface area contributed by atoms with Crippen molar-refractivity contribution in [2.75, 3.05) is 13.7 Å². The van der Waals surface area contributed by atoms with Gasteiger partial charge in [-0.1, -0.05) is 23.7 Å². The van der Waals surface area contributed by atoms with Crippen molar-refractivity contribution in [1.29, 1.82) is 0 Å². The van der Waals surface area contributed by atoms with E-state index in [0.717, 1.165) is 11.1 Å². The van der Waals surface area contributed by atoms with Crippen LogP contribution in [0.2, 0.25) is 5.02 Å². The molecule has 6 nitrogen and oxygen atoms in total. The third-order valence-electron chi connectivity index (χ3n) is 3.71. The lowest BCUT2D eigenvalue weighted by atomic mass is 10.1.